The lowest BCUT2D eigenvalue weighted by Crippen LogP contribution is -2.51. The molecule has 0 saturated carbocycles. The van der Waals surface area contributed by atoms with E-state index in [1.165, 1.54) is 11.1 Å². The molecule has 2 amide bonds. The molecule has 1 N–H and O–H groups in total. The van der Waals surface area contributed by atoms with Crippen LogP contribution >= 0.6 is 0 Å². The first kappa shape index (κ1) is 18.2. The van der Waals surface area contributed by atoms with Crippen molar-refractivity contribution in [2.45, 2.75) is 32.6 Å². The largest absolute Gasteiger partial charge is 0.365 e. The second-order valence-electron chi connectivity index (χ2n) is 6.80. The molecule has 0 bridgehead atoms. The Kier molecular flexibility index (Phi) is 6.10. The normalized spacial score (nSPS) is 14.5. The number of hydrogen-bond donors (Lipinski definition) is 1. The zero-order valence-electron chi connectivity index (χ0n) is 15.4. The molecule has 3 rings (SSSR count). The lowest BCUT2D eigenvalue weighted by molar-refractivity contribution is -0.139. The number of hydrogen-bond acceptors (Lipinski definition) is 2. The summed E-state index contributed by atoms with van der Waals surface area (Å²) in [6.07, 6.45) is 4.56. The van der Waals surface area contributed by atoms with Crippen molar-refractivity contribution < 1.29 is 9.59 Å². The van der Waals surface area contributed by atoms with Crippen LogP contribution in [0, 0.1) is 0 Å². The number of rotatable bonds is 6. The van der Waals surface area contributed by atoms with Crippen LogP contribution in [-0.2, 0) is 28.9 Å². The lowest BCUT2D eigenvalue weighted by Gasteiger charge is -2.35. The Hall–Kier alpha value is -2.56. The monoisotopic (exact) mass is 353 g/mol. The minimum atomic E-state index is 0.121. The quantitative estimate of drug-likeness (QED) is 0.867. The van der Waals surface area contributed by atoms with Gasteiger partial charge in [0.05, 0.1) is 6.42 Å². The second kappa shape index (κ2) is 8.70. The van der Waals surface area contributed by atoms with Crippen molar-refractivity contribution in [3.63, 3.8) is 0 Å². The van der Waals surface area contributed by atoms with Crippen LogP contribution in [0.3, 0.4) is 0 Å². The van der Waals surface area contributed by atoms with Crippen LogP contribution in [0.2, 0.25) is 0 Å². The molecule has 26 heavy (non-hydrogen) atoms. The van der Waals surface area contributed by atoms with Gasteiger partial charge in [0.15, 0.2) is 0 Å². The summed E-state index contributed by atoms with van der Waals surface area (Å²) in [6.45, 7) is 4.64. The summed E-state index contributed by atoms with van der Waals surface area (Å²) in [4.78, 5) is 31.6. The van der Waals surface area contributed by atoms with Gasteiger partial charge in [0.1, 0.15) is 0 Å². The molecule has 0 spiro atoms. The van der Waals surface area contributed by atoms with Crippen molar-refractivity contribution >= 4 is 11.8 Å². The maximum atomic E-state index is 12.4. The number of aromatic amines is 1. The van der Waals surface area contributed by atoms with Crippen molar-refractivity contribution in [1.29, 1.82) is 0 Å². The highest BCUT2D eigenvalue weighted by atomic mass is 16.2. The number of aromatic nitrogens is 1. The molecule has 1 aromatic carbocycles. The molecule has 0 unspecified atom stereocenters. The first-order valence-electron chi connectivity index (χ1n) is 9.41. The van der Waals surface area contributed by atoms with Gasteiger partial charge in [0.25, 0.3) is 0 Å². The number of carbonyl (C=O) groups is 2. The van der Waals surface area contributed by atoms with Gasteiger partial charge in [0.2, 0.25) is 11.8 Å². The van der Waals surface area contributed by atoms with Crippen LogP contribution in [0.1, 0.15) is 30.2 Å². The summed E-state index contributed by atoms with van der Waals surface area (Å²) in [6, 6.07) is 12.3. The van der Waals surface area contributed by atoms with Crippen LogP contribution in [0.15, 0.2) is 42.6 Å². The Labute approximate surface area is 155 Å². The van der Waals surface area contributed by atoms with E-state index < -0.39 is 0 Å². The van der Waals surface area contributed by atoms with Gasteiger partial charge in [-0.25, -0.2) is 0 Å². The van der Waals surface area contributed by atoms with Gasteiger partial charge in [-0.05, 0) is 36.1 Å². The number of nitrogens with one attached hydrogen (secondary N) is 1. The van der Waals surface area contributed by atoms with Crippen LogP contribution in [0.4, 0.5) is 0 Å². The number of aryl methyl sites for hydroxylation is 2. The molecule has 0 atom stereocenters. The van der Waals surface area contributed by atoms with E-state index in [1.807, 2.05) is 28.1 Å². The van der Waals surface area contributed by atoms with Crippen LogP contribution in [-0.4, -0.2) is 52.8 Å². The van der Waals surface area contributed by atoms with Gasteiger partial charge < -0.3 is 14.8 Å². The Bertz CT molecular complexity index is 714. The first-order valence-corrected chi connectivity index (χ1v) is 9.41. The Morgan fingerprint density at radius 3 is 2.12 bits per heavy atom. The number of amides is 2. The van der Waals surface area contributed by atoms with Crippen LogP contribution in [0.25, 0.3) is 0 Å². The van der Waals surface area contributed by atoms with Gasteiger partial charge in [-0.1, -0.05) is 31.2 Å². The number of nitrogens with zero attached hydrogens (tertiary/aromatic N) is 2. The minimum absolute atomic E-state index is 0.121. The van der Waals surface area contributed by atoms with E-state index in [-0.39, 0.29) is 11.8 Å². The van der Waals surface area contributed by atoms with Crippen molar-refractivity contribution in [2.75, 3.05) is 26.2 Å². The number of carbonyl (C=O) groups excluding carboxylic acids is 2. The summed E-state index contributed by atoms with van der Waals surface area (Å²) >= 11 is 0. The minimum Gasteiger partial charge on any atom is -0.365 e. The van der Waals surface area contributed by atoms with Gasteiger partial charge in [-0.15, -0.1) is 0 Å². The third kappa shape index (κ3) is 4.75. The predicted octanol–water partition coefficient (Wildman–Crippen LogP) is 2.42. The molecule has 0 radical (unpaired) electrons. The molecule has 5 heteroatoms. The van der Waals surface area contributed by atoms with E-state index in [9.17, 15) is 9.59 Å². The molecule has 138 valence electrons. The maximum absolute atomic E-state index is 12.4. The average molecular weight is 353 g/mol. The molecule has 2 aromatic rings. The fourth-order valence-corrected chi connectivity index (χ4v) is 3.31. The summed E-state index contributed by atoms with van der Waals surface area (Å²) in [5.74, 6) is 0.302. The number of H-pyrrole nitrogens is 1. The maximum Gasteiger partial charge on any atom is 0.228 e. The van der Waals surface area contributed by atoms with Crippen molar-refractivity contribution in [1.82, 2.24) is 14.8 Å². The SMILES string of the molecule is CCc1ccc(CCC(=O)N2CCN(C(=O)Cc3ccc[nH]3)CC2)cc1. The topological polar surface area (TPSA) is 56.4 Å². The Balaban J connectivity index is 1.42. The van der Waals surface area contributed by atoms with E-state index >= 15 is 0 Å². The van der Waals surface area contributed by atoms with Crippen molar-refractivity contribution in [3.05, 3.63) is 59.4 Å². The molecule has 1 aliphatic heterocycles. The third-order valence-electron chi connectivity index (χ3n) is 5.05. The molecule has 1 aromatic heterocycles. The molecular formula is C21H27N3O2. The van der Waals surface area contributed by atoms with Gasteiger partial charge in [-0.2, -0.15) is 0 Å². The van der Waals surface area contributed by atoms with Crippen molar-refractivity contribution in [2.24, 2.45) is 0 Å². The second-order valence-corrected chi connectivity index (χ2v) is 6.80. The highest BCUT2D eigenvalue weighted by Gasteiger charge is 2.24. The third-order valence-corrected chi connectivity index (χ3v) is 5.05. The molecule has 1 fully saturated rings. The summed E-state index contributed by atoms with van der Waals surface area (Å²) in [5.41, 5.74) is 3.46. The van der Waals surface area contributed by atoms with E-state index in [0.717, 1.165) is 18.5 Å². The van der Waals surface area contributed by atoms with Crippen molar-refractivity contribution in [3.8, 4) is 0 Å². The zero-order chi connectivity index (χ0) is 18.4. The number of piperazine rings is 1. The molecule has 2 heterocycles. The molecule has 0 aliphatic carbocycles. The molecule has 1 saturated heterocycles. The smallest absolute Gasteiger partial charge is 0.228 e. The van der Waals surface area contributed by atoms with E-state index in [4.69, 9.17) is 0 Å². The molecule has 5 nitrogen and oxygen atoms in total. The fourth-order valence-electron chi connectivity index (χ4n) is 3.31. The van der Waals surface area contributed by atoms with Crippen LogP contribution < -0.4 is 0 Å². The van der Waals surface area contributed by atoms with E-state index in [2.05, 4.69) is 36.2 Å². The van der Waals surface area contributed by atoms with Crippen LogP contribution in [0.5, 0.6) is 0 Å². The van der Waals surface area contributed by atoms with E-state index in [1.54, 1.807) is 0 Å². The predicted molar refractivity (Wildman–Crippen MR) is 102 cm³/mol. The summed E-state index contributed by atoms with van der Waals surface area (Å²) in [7, 11) is 0. The Morgan fingerprint density at radius 1 is 0.923 bits per heavy atom. The molecule has 1 aliphatic rings. The highest BCUT2D eigenvalue weighted by molar-refractivity contribution is 5.79. The standard InChI is InChI=1S/C21H27N3O2/c1-2-17-5-7-18(8-6-17)9-10-20(25)23-12-14-24(15-13-23)21(26)16-19-4-3-11-22-19/h3-8,11,22H,2,9-10,12-16H2,1H3. The molecular weight excluding hydrogens is 326 g/mol. The van der Waals surface area contributed by atoms with E-state index in [0.29, 0.717) is 39.0 Å². The first-order chi connectivity index (χ1) is 12.7. The van der Waals surface area contributed by atoms with Gasteiger partial charge in [-0.3, -0.25) is 9.59 Å². The Morgan fingerprint density at radius 2 is 1.54 bits per heavy atom. The number of benzene rings is 1. The highest BCUT2D eigenvalue weighted by Crippen LogP contribution is 2.11. The van der Waals surface area contributed by atoms with Gasteiger partial charge in [0, 0.05) is 44.5 Å². The lowest BCUT2D eigenvalue weighted by atomic mass is 10.1. The summed E-state index contributed by atoms with van der Waals surface area (Å²) < 4.78 is 0. The van der Waals surface area contributed by atoms with Gasteiger partial charge >= 0.3 is 0 Å². The summed E-state index contributed by atoms with van der Waals surface area (Å²) in [5, 5.41) is 0. The fraction of sp³-hybridized carbons (Fsp3) is 0.429. The average Bonchev–Trinajstić information content (AvgIpc) is 3.19. The zero-order valence-corrected chi connectivity index (χ0v) is 15.4.